The first-order valence-corrected chi connectivity index (χ1v) is 10.8. The minimum Gasteiger partial charge on any atom is -0.325 e. The third kappa shape index (κ3) is 4.60. The Bertz CT molecular complexity index is 940. The second kappa shape index (κ2) is 8.43. The van der Waals surface area contributed by atoms with Crippen molar-refractivity contribution in [2.24, 2.45) is 0 Å². The lowest BCUT2D eigenvalue weighted by Gasteiger charge is -2.24. The van der Waals surface area contributed by atoms with Crippen LogP contribution in [0.1, 0.15) is 30.0 Å². The number of likely N-dealkylation sites (tertiary alicyclic amines) is 1. The molecule has 0 saturated carbocycles. The molecule has 7 heteroatoms. The highest BCUT2D eigenvalue weighted by atomic mass is 32.2. The molecule has 1 atom stereocenters. The maximum absolute atomic E-state index is 12.6. The molecule has 1 aliphatic heterocycles. The van der Waals surface area contributed by atoms with E-state index in [9.17, 15) is 13.2 Å². The number of anilines is 1. The standard InChI is InChI=1S/C21H27N3O3S/c1-16-9-11-17(12-10-16)20-8-5-13-24(20)15-21(25)22-18-6-4-7-19(14-18)28(26,27)23(2)3/h4,6-7,9-12,14,20H,5,8,13,15H2,1-3H3,(H,22,25). The van der Waals surface area contributed by atoms with E-state index in [1.165, 1.54) is 37.4 Å². The summed E-state index contributed by atoms with van der Waals surface area (Å²) in [5, 5.41) is 2.84. The first-order valence-electron chi connectivity index (χ1n) is 9.40. The molecule has 0 spiro atoms. The van der Waals surface area contributed by atoms with Crippen molar-refractivity contribution in [1.29, 1.82) is 0 Å². The topological polar surface area (TPSA) is 69.7 Å². The molecule has 1 unspecified atom stereocenters. The van der Waals surface area contributed by atoms with E-state index >= 15 is 0 Å². The Balaban J connectivity index is 1.68. The zero-order valence-electron chi connectivity index (χ0n) is 16.6. The van der Waals surface area contributed by atoms with Crippen LogP contribution in [0.5, 0.6) is 0 Å². The highest BCUT2D eigenvalue weighted by molar-refractivity contribution is 7.89. The number of sulfonamides is 1. The van der Waals surface area contributed by atoms with E-state index in [1.807, 2.05) is 0 Å². The van der Waals surface area contributed by atoms with Crippen LogP contribution in [0.2, 0.25) is 0 Å². The number of carbonyl (C=O) groups excluding carboxylic acids is 1. The first-order chi connectivity index (χ1) is 13.3. The van der Waals surface area contributed by atoms with E-state index in [2.05, 4.69) is 41.4 Å². The van der Waals surface area contributed by atoms with Gasteiger partial charge in [0.15, 0.2) is 0 Å². The minimum absolute atomic E-state index is 0.140. The highest BCUT2D eigenvalue weighted by Gasteiger charge is 2.27. The fraction of sp³-hybridized carbons (Fsp3) is 0.381. The largest absolute Gasteiger partial charge is 0.325 e. The van der Waals surface area contributed by atoms with Crippen molar-refractivity contribution >= 4 is 21.6 Å². The second-order valence-corrected chi connectivity index (χ2v) is 9.55. The van der Waals surface area contributed by atoms with Crippen LogP contribution >= 0.6 is 0 Å². The molecule has 0 aliphatic carbocycles. The van der Waals surface area contributed by atoms with Crippen molar-refractivity contribution in [3.8, 4) is 0 Å². The summed E-state index contributed by atoms with van der Waals surface area (Å²) >= 11 is 0. The number of carbonyl (C=O) groups is 1. The van der Waals surface area contributed by atoms with Crippen LogP contribution < -0.4 is 5.32 Å². The van der Waals surface area contributed by atoms with Gasteiger partial charge in [0.2, 0.25) is 15.9 Å². The Morgan fingerprint density at radius 2 is 1.89 bits per heavy atom. The Kier molecular flexibility index (Phi) is 6.17. The van der Waals surface area contributed by atoms with Crippen LogP contribution in [0.25, 0.3) is 0 Å². The van der Waals surface area contributed by atoms with E-state index in [1.54, 1.807) is 12.1 Å². The molecule has 0 radical (unpaired) electrons. The molecule has 6 nitrogen and oxygen atoms in total. The minimum atomic E-state index is -3.53. The maximum Gasteiger partial charge on any atom is 0.242 e. The Morgan fingerprint density at radius 1 is 1.18 bits per heavy atom. The smallest absolute Gasteiger partial charge is 0.242 e. The van der Waals surface area contributed by atoms with E-state index in [0.29, 0.717) is 5.69 Å². The van der Waals surface area contributed by atoms with Crippen LogP contribution in [0.3, 0.4) is 0 Å². The maximum atomic E-state index is 12.6. The Hall–Kier alpha value is -2.22. The number of amides is 1. The molecule has 2 aromatic carbocycles. The molecular weight excluding hydrogens is 374 g/mol. The SMILES string of the molecule is Cc1ccc(C2CCCN2CC(=O)Nc2cccc(S(=O)(=O)N(C)C)c2)cc1. The monoisotopic (exact) mass is 401 g/mol. The number of hydrogen-bond donors (Lipinski definition) is 1. The zero-order chi connectivity index (χ0) is 20.3. The number of rotatable bonds is 6. The van der Waals surface area contributed by atoms with Crippen molar-refractivity contribution in [3.05, 3.63) is 59.7 Å². The number of hydrogen-bond acceptors (Lipinski definition) is 4. The molecule has 28 heavy (non-hydrogen) atoms. The number of aryl methyl sites for hydroxylation is 1. The van der Waals surface area contributed by atoms with Gasteiger partial charge in [0.1, 0.15) is 0 Å². The van der Waals surface area contributed by atoms with Crippen molar-refractivity contribution in [2.45, 2.75) is 30.7 Å². The molecule has 1 amide bonds. The summed E-state index contributed by atoms with van der Waals surface area (Å²) in [6.07, 6.45) is 2.09. The molecule has 1 fully saturated rings. The fourth-order valence-electron chi connectivity index (χ4n) is 3.51. The van der Waals surface area contributed by atoms with E-state index in [4.69, 9.17) is 0 Å². The van der Waals surface area contributed by atoms with Crippen molar-refractivity contribution in [1.82, 2.24) is 9.21 Å². The van der Waals surface area contributed by atoms with Gasteiger partial charge in [-0.2, -0.15) is 0 Å². The van der Waals surface area contributed by atoms with Gasteiger partial charge >= 0.3 is 0 Å². The van der Waals surface area contributed by atoms with Crippen LogP contribution in [-0.4, -0.2) is 50.7 Å². The lowest BCUT2D eigenvalue weighted by molar-refractivity contribution is -0.117. The molecule has 150 valence electrons. The average Bonchev–Trinajstić information content (AvgIpc) is 3.10. The van der Waals surface area contributed by atoms with Crippen molar-refractivity contribution in [2.75, 3.05) is 32.5 Å². The van der Waals surface area contributed by atoms with Gasteiger partial charge in [-0.05, 0) is 50.1 Å². The Labute approximate surface area is 167 Å². The van der Waals surface area contributed by atoms with Gasteiger partial charge in [-0.15, -0.1) is 0 Å². The molecule has 0 bridgehead atoms. The summed E-state index contributed by atoms with van der Waals surface area (Å²) < 4.78 is 25.7. The molecule has 1 N–H and O–H groups in total. The average molecular weight is 402 g/mol. The summed E-state index contributed by atoms with van der Waals surface area (Å²) in [6.45, 7) is 3.22. The summed E-state index contributed by atoms with van der Waals surface area (Å²) in [5.41, 5.74) is 2.94. The number of nitrogens with one attached hydrogen (secondary N) is 1. The quantitative estimate of drug-likeness (QED) is 0.808. The van der Waals surface area contributed by atoms with Crippen LogP contribution in [0.15, 0.2) is 53.4 Å². The molecule has 2 aromatic rings. The van der Waals surface area contributed by atoms with Crippen molar-refractivity contribution in [3.63, 3.8) is 0 Å². The first kappa shape index (κ1) is 20.5. The Morgan fingerprint density at radius 3 is 2.57 bits per heavy atom. The van der Waals surface area contributed by atoms with Gasteiger partial charge in [0.05, 0.1) is 11.4 Å². The highest BCUT2D eigenvalue weighted by Crippen LogP contribution is 2.31. The summed E-state index contributed by atoms with van der Waals surface area (Å²) in [7, 11) is -0.564. The molecule has 0 aromatic heterocycles. The lowest BCUT2D eigenvalue weighted by atomic mass is 10.0. The molecule has 1 saturated heterocycles. The normalized spacial score (nSPS) is 17.8. The molecular formula is C21H27N3O3S. The third-order valence-corrected chi connectivity index (χ3v) is 6.88. The summed E-state index contributed by atoms with van der Waals surface area (Å²) in [4.78, 5) is 14.9. The fourth-order valence-corrected chi connectivity index (χ4v) is 4.46. The lowest BCUT2D eigenvalue weighted by Crippen LogP contribution is -2.33. The number of benzene rings is 2. The predicted molar refractivity (Wildman–Crippen MR) is 111 cm³/mol. The zero-order valence-corrected chi connectivity index (χ0v) is 17.4. The van der Waals surface area contributed by atoms with Crippen LogP contribution in [-0.2, 0) is 14.8 Å². The van der Waals surface area contributed by atoms with E-state index in [0.717, 1.165) is 23.7 Å². The molecule has 1 heterocycles. The number of nitrogens with zero attached hydrogens (tertiary/aromatic N) is 2. The molecule has 3 rings (SSSR count). The van der Waals surface area contributed by atoms with Crippen LogP contribution in [0.4, 0.5) is 5.69 Å². The van der Waals surface area contributed by atoms with Crippen LogP contribution in [0, 0.1) is 6.92 Å². The van der Waals surface area contributed by atoms with Gasteiger partial charge in [-0.1, -0.05) is 35.9 Å². The van der Waals surface area contributed by atoms with E-state index < -0.39 is 10.0 Å². The summed E-state index contributed by atoms with van der Waals surface area (Å²) in [6, 6.07) is 15.1. The second-order valence-electron chi connectivity index (χ2n) is 7.40. The van der Waals surface area contributed by atoms with Crippen molar-refractivity contribution < 1.29 is 13.2 Å². The van der Waals surface area contributed by atoms with Gasteiger partial charge in [-0.25, -0.2) is 12.7 Å². The third-order valence-electron chi connectivity index (χ3n) is 5.07. The van der Waals surface area contributed by atoms with Gasteiger partial charge in [0.25, 0.3) is 0 Å². The predicted octanol–water partition coefficient (Wildman–Crippen LogP) is 3.02. The van der Waals surface area contributed by atoms with Gasteiger partial charge < -0.3 is 5.32 Å². The summed E-state index contributed by atoms with van der Waals surface area (Å²) in [5.74, 6) is -0.140. The van der Waals surface area contributed by atoms with Gasteiger partial charge in [-0.3, -0.25) is 9.69 Å². The van der Waals surface area contributed by atoms with E-state index in [-0.39, 0.29) is 23.4 Å². The molecule has 1 aliphatic rings. The van der Waals surface area contributed by atoms with Gasteiger partial charge in [0, 0.05) is 25.8 Å².